The summed E-state index contributed by atoms with van der Waals surface area (Å²) in [4.78, 5) is 2.42. The zero-order valence-corrected chi connectivity index (χ0v) is 12.4. The van der Waals surface area contributed by atoms with Gasteiger partial charge in [-0.25, -0.2) is 0 Å². The first kappa shape index (κ1) is 14.5. The van der Waals surface area contributed by atoms with Crippen molar-refractivity contribution in [1.82, 2.24) is 10.2 Å². The summed E-state index contributed by atoms with van der Waals surface area (Å²) in [6.07, 6.45) is 1.14. The van der Waals surface area contributed by atoms with Crippen molar-refractivity contribution in [2.24, 2.45) is 0 Å². The van der Waals surface area contributed by atoms with Crippen molar-refractivity contribution in [2.45, 2.75) is 38.9 Å². The van der Waals surface area contributed by atoms with Crippen LogP contribution in [0.3, 0.4) is 0 Å². The number of aryl methyl sites for hydroxylation is 1. The lowest BCUT2D eigenvalue weighted by Gasteiger charge is -2.31. The second-order valence-corrected chi connectivity index (χ2v) is 5.71. The van der Waals surface area contributed by atoms with E-state index in [0.29, 0.717) is 12.1 Å². The summed E-state index contributed by atoms with van der Waals surface area (Å²) in [6, 6.07) is 9.82. The molecule has 106 valence electrons. The molecule has 2 atom stereocenters. The molecule has 2 rings (SSSR count). The van der Waals surface area contributed by atoms with Crippen LogP contribution in [0, 0.1) is 6.92 Å². The molecule has 19 heavy (non-hydrogen) atoms. The van der Waals surface area contributed by atoms with E-state index >= 15 is 0 Å². The van der Waals surface area contributed by atoms with E-state index in [9.17, 15) is 0 Å². The van der Waals surface area contributed by atoms with Gasteiger partial charge in [-0.1, -0.05) is 29.8 Å². The van der Waals surface area contributed by atoms with E-state index in [1.165, 1.54) is 11.1 Å². The molecule has 0 spiro atoms. The van der Waals surface area contributed by atoms with Crippen molar-refractivity contribution < 1.29 is 4.74 Å². The zero-order chi connectivity index (χ0) is 13.7. The first-order valence-electron chi connectivity index (χ1n) is 7.22. The average molecular weight is 262 g/mol. The molecule has 1 saturated heterocycles. The van der Waals surface area contributed by atoms with Gasteiger partial charge < -0.3 is 10.1 Å². The van der Waals surface area contributed by atoms with Crippen LogP contribution < -0.4 is 5.32 Å². The molecular formula is C16H26N2O. The van der Waals surface area contributed by atoms with Gasteiger partial charge in [-0.3, -0.25) is 4.90 Å². The molecule has 0 aromatic heterocycles. The minimum atomic E-state index is 0.503. The van der Waals surface area contributed by atoms with Gasteiger partial charge in [0.2, 0.25) is 0 Å². The van der Waals surface area contributed by atoms with Crippen LogP contribution in [0.4, 0.5) is 0 Å². The first-order valence-corrected chi connectivity index (χ1v) is 7.22. The van der Waals surface area contributed by atoms with Gasteiger partial charge >= 0.3 is 0 Å². The highest BCUT2D eigenvalue weighted by atomic mass is 16.5. The third kappa shape index (κ3) is 4.60. The Morgan fingerprint density at radius 1 is 1.47 bits per heavy atom. The summed E-state index contributed by atoms with van der Waals surface area (Å²) in [5.41, 5.74) is 2.73. The van der Waals surface area contributed by atoms with Crippen molar-refractivity contribution in [2.75, 3.05) is 26.8 Å². The smallest absolute Gasteiger partial charge is 0.0620 e. The second kappa shape index (κ2) is 7.04. The van der Waals surface area contributed by atoms with E-state index < -0.39 is 0 Å². The highest BCUT2D eigenvalue weighted by molar-refractivity contribution is 5.22. The highest BCUT2D eigenvalue weighted by Gasteiger charge is 2.18. The second-order valence-electron chi connectivity index (χ2n) is 5.71. The van der Waals surface area contributed by atoms with E-state index in [-0.39, 0.29) is 0 Å². The third-order valence-electron chi connectivity index (χ3n) is 3.89. The molecule has 2 unspecified atom stereocenters. The Morgan fingerprint density at radius 2 is 2.32 bits per heavy atom. The van der Waals surface area contributed by atoms with Crippen molar-refractivity contribution in [3.63, 3.8) is 0 Å². The van der Waals surface area contributed by atoms with Crippen LogP contribution in [-0.2, 0) is 11.3 Å². The summed E-state index contributed by atoms with van der Waals surface area (Å²) in [5.74, 6) is 0. The Hall–Kier alpha value is -0.900. The van der Waals surface area contributed by atoms with Crippen LogP contribution in [0.15, 0.2) is 24.3 Å². The molecule has 1 heterocycles. The van der Waals surface area contributed by atoms with Gasteiger partial charge in [0, 0.05) is 25.2 Å². The number of hydrogen-bond donors (Lipinski definition) is 1. The fourth-order valence-corrected chi connectivity index (χ4v) is 2.62. The molecule has 0 bridgehead atoms. The van der Waals surface area contributed by atoms with Gasteiger partial charge in [0.05, 0.1) is 13.2 Å². The number of morpholine rings is 1. The predicted octanol–water partition coefficient (Wildman–Crippen LogP) is 2.19. The zero-order valence-electron chi connectivity index (χ0n) is 12.4. The maximum absolute atomic E-state index is 5.52. The van der Waals surface area contributed by atoms with E-state index in [0.717, 1.165) is 32.7 Å². The molecule has 1 aliphatic heterocycles. The fourth-order valence-electron chi connectivity index (χ4n) is 2.62. The SMILES string of the molecule is Cc1cccc(CN(C)C(C)CC2COCCN2)c1. The number of ether oxygens (including phenoxy) is 1. The quantitative estimate of drug-likeness (QED) is 0.880. The molecule has 0 amide bonds. The fraction of sp³-hybridized carbons (Fsp3) is 0.625. The Kier molecular flexibility index (Phi) is 5.37. The Labute approximate surface area is 116 Å². The highest BCUT2D eigenvalue weighted by Crippen LogP contribution is 2.12. The van der Waals surface area contributed by atoms with E-state index in [1.54, 1.807) is 0 Å². The standard InChI is InChI=1S/C16H26N2O/c1-13-5-4-6-15(9-13)11-18(3)14(2)10-16-12-19-8-7-17-16/h4-6,9,14,16-17H,7-8,10-12H2,1-3H3. The normalized spacial score (nSPS) is 21.6. The molecular weight excluding hydrogens is 236 g/mol. The van der Waals surface area contributed by atoms with Crippen LogP contribution in [0.1, 0.15) is 24.5 Å². The molecule has 0 aliphatic carbocycles. The topological polar surface area (TPSA) is 24.5 Å². The van der Waals surface area contributed by atoms with Gasteiger partial charge in [0.25, 0.3) is 0 Å². The summed E-state index contributed by atoms with van der Waals surface area (Å²) in [7, 11) is 2.21. The average Bonchev–Trinajstić information content (AvgIpc) is 2.40. The Bertz CT molecular complexity index is 388. The molecule has 1 N–H and O–H groups in total. The lowest BCUT2D eigenvalue weighted by Crippen LogP contribution is -2.45. The van der Waals surface area contributed by atoms with Crippen LogP contribution in [0.2, 0.25) is 0 Å². The minimum Gasteiger partial charge on any atom is -0.379 e. The van der Waals surface area contributed by atoms with Crippen LogP contribution in [0.25, 0.3) is 0 Å². The molecule has 0 radical (unpaired) electrons. The maximum Gasteiger partial charge on any atom is 0.0620 e. The maximum atomic E-state index is 5.52. The lowest BCUT2D eigenvalue weighted by molar-refractivity contribution is 0.0638. The van der Waals surface area contributed by atoms with E-state index in [4.69, 9.17) is 4.74 Å². The van der Waals surface area contributed by atoms with Crippen LogP contribution in [-0.4, -0.2) is 43.8 Å². The van der Waals surface area contributed by atoms with Crippen molar-refractivity contribution in [3.8, 4) is 0 Å². The monoisotopic (exact) mass is 262 g/mol. The van der Waals surface area contributed by atoms with Gasteiger partial charge in [0.15, 0.2) is 0 Å². The van der Waals surface area contributed by atoms with Gasteiger partial charge in [0.1, 0.15) is 0 Å². The van der Waals surface area contributed by atoms with Crippen molar-refractivity contribution >= 4 is 0 Å². The molecule has 1 aromatic carbocycles. The van der Waals surface area contributed by atoms with Crippen molar-refractivity contribution in [1.29, 1.82) is 0 Å². The third-order valence-corrected chi connectivity index (χ3v) is 3.89. The van der Waals surface area contributed by atoms with Gasteiger partial charge in [-0.05, 0) is 32.9 Å². The molecule has 1 aliphatic rings. The van der Waals surface area contributed by atoms with E-state index in [1.807, 2.05) is 0 Å². The molecule has 1 fully saturated rings. The van der Waals surface area contributed by atoms with Crippen molar-refractivity contribution in [3.05, 3.63) is 35.4 Å². The van der Waals surface area contributed by atoms with E-state index in [2.05, 4.69) is 55.4 Å². The molecule has 3 nitrogen and oxygen atoms in total. The molecule has 0 saturated carbocycles. The largest absolute Gasteiger partial charge is 0.379 e. The Morgan fingerprint density at radius 3 is 3.00 bits per heavy atom. The Balaban J connectivity index is 1.82. The molecule has 3 heteroatoms. The first-order chi connectivity index (χ1) is 9.15. The number of rotatable bonds is 5. The van der Waals surface area contributed by atoms with Gasteiger partial charge in [-0.2, -0.15) is 0 Å². The van der Waals surface area contributed by atoms with Crippen LogP contribution in [0.5, 0.6) is 0 Å². The summed E-state index contributed by atoms with van der Waals surface area (Å²) in [5, 5.41) is 3.53. The predicted molar refractivity (Wildman–Crippen MR) is 79.3 cm³/mol. The summed E-state index contributed by atoms with van der Waals surface area (Å²) < 4.78 is 5.52. The summed E-state index contributed by atoms with van der Waals surface area (Å²) >= 11 is 0. The minimum absolute atomic E-state index is 0.503. The summed E-state index contributed by atoms with van der Waals surface area (Å²) in [6.45, 7) is 8.14. The number of hydrogen-bond acceptors (Lipinski definition) is 3. The molecule has 1 aromatic rings. The number of benzene rings is 1. The lowest BCUT2D eigenvalue weighted by atomic mass is 10.1. The van der Waals surface area contributed by atoms with Crippen LogP contribution >= 0.6 is 0 Å². The number of nitrogens with zero attached hydrogens (tertiary/aromatic N) is 1. The van der Waals surface area contributed by atoms with Gasteiger partial charge in [-0.15, -0.1) is 0 Å². The number of nitrogens with one attached hydrogen (secondary N) is 1.